The minimum Gasteiger partial charge on any atom is -0.485 e. The SMILES string of the molecule is Cc1cc(C)c(C(=O)COc2cc(F)ccc2C)cc1C. The van der Waals surface area contributed by atoms with Gasteiger partial charge in [-0.25, -0.2) is 4.39 Å². The van der Waals surface area contributed by atoms with Crippen molar-refractivity contribution in [2.24, 2.45) is 0 Å². The molecule has 0 bridgehead atoms. The Morgan fingerprint density at radius 2 is 1.62 bits per heavy atom. The predicted octanol–water partition coefficient (Wildman–Crippen LogP) is 4.32. The second-order valence-electron chi connectivity index (χ2n) is 5.37. The molecule has 0 radical (unpaired) electrons. The van der Waals surface area contributed by atoms with Gasteiger partial charge in [0, 0.05) is 11.6 Å². The van der Waals surface area contributed by atoms with Gasteiger partial charge in [-0.05, 0) is 62.1 Å². The van der Waals surface area contributed by atoms with Gasteiger partial charge in [-0.15, -0.1) is 0 Å². The largest absolute Gasteiger partial charge is 0.485 e. The van der Waals surface area contributed by atoms with E-state index in [1.165, 1.54) is 12.1 Å². The first kappa shape index (κ1) is 15.2. The number of ether oxygens (including phenoxy) is 1. The summed E-state index contributed by atoms with van der Waals surface area (Å²) in [6.07, 6.45) is 0. The minimum atomic E-state index is -0.370. The summed E-state index contributed by atoms with van der Waals surface area (Å²) in [5, 5.41) is 0. The Kier molecular flexibility index (Phi) is 4.41. The lowest BCUT2D eigenvalue weighted by atomic mass is 9.98. The van der Waals surface area contributed by atoms with Crippen LogP contribution in [0.15, 0.2) is 30.3 Å². The highest BCUT2D eigenvalue weighted by atomic mass is 19.1. The first-order chi connectivity index (χ1) is 9.88. The molecule has 2 rings (SSSR count). The predicted molar refractivity (Wildman–Crippen MR) is 81.6 cm³/mol. The van der Waals surface area contributed by atoms with Gasteiger partial charge in [-0.1, -0.05) is 12.1 Å². The summed E-state index contributed by atoms with van der Waals surface area (Å²) in [5.74, 6) is -0.0606. The Morgan fingerprint density at radius 1 is 0.952 bits per heavy atom. The third-order valence-corrected chi connectivity index (χ3v) is 3.65. The molecule has 3 heteroatoms. The number of Topliss-reactive ketones (excluding diaryl/α,β-unsaturated/α-hetero) is 1. The summed E-state index contributed by atoms with van der Waals surface area (Å²) < 4.78 is 18.7. The van der Waals surface area contributed by atoms with Crippen LogP contribution in [0.1, 0.15) is 32.6 Å². The zero-order valence-corrected chi connectivity index (χ0v) is 12.8. The van der Waals surface area contributed by atoms with E-state index in [0.29, 0.717) is 11.3 Å². The van der Waals surface area contributed by atoms with Gasteiger partial charge in [0.1, 0.15) is 11.6 Å². The van der Waals surface area contributed by atoms with Crippen molar-refractivity contribution in [3.05, 3.63) is 64.0 Å². The maximum atomic E-state index is 13.2. The van der Waals surface area contributed by atoms with Crippen molar-refractivity contribution in [1.29, 1.82) is 0 Å². The Hall–Kier alpha value is -2.16. The van der Waals surface area contributed by atoms with Gasteiger partial charge in [0.15, 0.2) is 12.4 Å². The summed E-state index contributed by atoms with van der Waals surface area (Å²) in [6, 6.07) is 8.19. The van der Waals surface area contributed by atoms with Gasteiger partial charge in [0.05, 0.1) is 0 Å². The molecule has 0 unspecified atom stereocenters. The van der Waals surface area contributed by atoms with E-state index in [9.17, 15) is 9.18 Å². The van der Waals surface area contributed by atoms with E-state index in [1.54, 1.807) is 6.07 Å². The monoisotopic (exact) mass is 286 g/mol. The molecule has 0 aliphatic heterocycles. The Bertz CT molecular complexity index is 690. The molecule has 0 fully saturated rings. The molecule has 0 aliphatic rings. The molecule has 2 nitrogen and oxygen atoms in total. The first-order valence-corrected chi connectivity index (χ1v) is 6.88. The highest BCUT2D eigenvalue weighted by Gasteiger charge is 2.12. The number of hydrogen-bond donors (Lipinski definition) is 0. The summed E-state index contributed by atoms with van der Waals surface area (Å²) in [7, 11) is 0. The zero-order valence-electron chi connectivity index (χ0n) is 12.8. The Labute approximate surface area is 124 Å². The van der Waals surface area contributed by atoms with E-state index >= 15 is 0 Å². The molecule has 0 aromatic heterocycles. The summed E-state index contributed by atoms with van der Waals surface area (Å²) >= 11 is 0. The second-order valence-corrected chi connectivity index (χ2v) is 5.37. The van der Waals surface area contributed by atoms with Crippen LogP contribution in [0.25, 0.3) is 0 Å². The lowest BCUT2D eigenvalue weighted by Crippen LogP contribution is -2.14. The third-order valence-electron chi connectivity index (χ3n) is 3.65. The van der Waals surface area contributed by atoms with Gasteiger partial charge < -0.3 is 4.74 Å². The maximum Gasteiger partial charge on any atom is 0.200 e. The fraction of sp³-hybridized carbons (Fsp3) is 0.278. The standard InChI is InChI=1S/C18H19FO2/c1-11-5-6-15(19)9-18(11)21-10-17(20)16-8-13(3)12(2)7-14(16)4/h5-9H,10H2,1-4H3. The summed E-state index contributed by atoms with van der Waals surface area (Å²) in [5.41, 5.74) is 4.63. The van der Waals surface area contributed by atoms with Crippen LogP contribution >= 0.6 is 0 Å². The summed E-state index contributed by atoms with van der Waals surface area (Å²) in [6.45, 7) is 7.63. The van der Waals surface area contributed by atoms with Crippen LogP contribution < -0.4 is 4.74 Å². The Balaban J connectivity index is 2.15. The number of ketones is 1. The number of halogens is 1. The Morgan fingerprint density at radius 3 is 2.33 bits per heavy atom. The summed E-state index contributed by atoms with van der Waals surface area (Å²) in [4.78, 5) is 12.3. The molecule has 2 aromatic carbocycles. The highest BCUT2D eigenvalue weighted by Crippen LogP contribution is 2.20. The van der Waals surface area contributed by atoms with E-state index in [1.807, 2.05) is 39.8 Å². The molecule has 2 aromatic rings. The van der Waals surface area contributed by atoms with E-state index in [0.717, 1.165) is 22.3 Å². The third kappa shape index (κ3) is 3.48. The molecule has 0 heterocycles. The molecular formula is C18H19FO2. The average Bonchev–Trinajstić information content (AvgIpc) is 2.43. The van der Waals surface area contributed by atoms with Crippen LogP contribution in [0, 0.1) is 33.5 Å². The number of aryl methyl sites for hydroxylation is 4. The minimum absolute atomic E-state index is 0.0896. The van der Waals surface area contributed by atoms with Crippen molar-refractivity contribution in [3.8, 4) is 5.75 Å². The first-order valence-electron chi connectivity index (χ1n) is 6.88. The lowest BCUT2D eigenvalue weighted by molar-refractivity contribution is 0.0920. The van der Waals surface area contributed by atoms with E-state index in [2.05, 4.69) is 0 Å². The van der Waals surface area contributed by atoms with Crippen LogP contribution in [0.2, 0.25) is 0 Å². The zero-order chi connectivity index (χ0) is 15.6. The van der Waals surface area contributed by atoms with Gasteiger partial charge in [0.25, 0.3) is 0 Å². The second kappa shape index (κ2) is 6.08. The van der Waals surface area contributed by atoms with Crippen molar-refractivity contribution in [3.63, 3.8) is 0 Å². The van der Waals surface area contributed by atoms with E-state index in [-0.39, 0.29) is 18.2 Å². The smallest absolute Gasteiger partial charge is 0.200 e. The molecule has 0 spiro atoms. The fourth-order valence-electron chi connectivity index (χ4n) is 2.21. The normalized spacial score (nSPS) is 10.5. The number of carbonyl (C=O) groups excluding carboxylic acids is 1. The molecule has 0 atom stereocenters. The van der Waals surface area contributed by atoms with E-state index < -0.39 is 0 Å². The highest BCUT2D eigenvalue weighted by molar-refractivity contribution is 5.98. The molecule has 0 saturated heterocycles. The van der Waals surface area contributed by atoms with Gasteiger partial charge in [-0.2, -0.15) is 0 Å². The van der Waals surface area contributed by atoms with Crippen molar-refractivity contribution < 1.29 is 13.9 Å². The average molecular weight is 286 g/mol. The van der Waals surface area contributed by atoms with Crippen molar-refractivity contribution >= 4 is 5.78 Å². The van der Waals surface area contributed by atoms with Crippen LogP contribution in [0.4, 0.5) is 4.39 Å². The van der Waals surface area contributed by atoms with Crippen LogP contribution in [0.3, 0.4) is 0 Å². The quantitative estimate of drug-likeness (QED) is 0.782. The van der Waals surface area contributed by atoms with Gasteiger partial charge in [0.2, 0.25) is 0 Å². The number of hydrogen-bond acceptors (Lipinski definition) is 2. The van der Waals surface area contributed by atoms with Crippen LogP contribution in [-0.4, -0.2) is 12.4 Å². The molecule has 0 N–H and O–H groups in total. The maximum absolute atomic E-state index is 13.2. The number of carbonyl (C=O) groups is 1. The van der Waals surface area contributed by atoms with Gasteiger partial charge >= 0.3 is 0 Å². The molecule has 0 saturated carbocycles. The molecule has 0 aliphatic carbocycles. The number of benzene rings is 2. The van der Waals surface area contributed by atoms with Crippen LogP contribution in [-0.2, 0) is 0 Å². The van der Waals surface area contributed by atoms with Crippen molar-refractivity contribution in [2.45, 2.75) is 27.7 Å². The molecule has 0 amide bonds. The van der Waals surface area contributed by atoms with Crippen LogP contribution in [0.5, 0.6) is 5.75 Å². The van der Waals surface area contributed by atoms with Crippen molar-refractivity contribution in [1.82, 2.24) is 0 Å². The van der Waals surface area contributed by atoms with Crippen molar-refractivity contribution in [2.75, 3.05) is 6.61 Å². The topological polar surface area (TPSA) is 26.3 Å². The van der Waals surface area contributed by atoms with Gasteiger partial charge in [-0.3, -0.25) is 4.79 Å². The molecule has 21 heavy (non-hydrogen) atoms. The lowest BCUT2D eigenvalue weighted by Gasteiger charge is -2.11. The molecule has 110 valence electrons. The molecular weight excluding hydrogens is 267 g/mol. The van der Waals surface area contributed by atoms with E-state index in [4.69, 9.17) is 4.74 Å². The number of rotatable bonds is 4. The fourth-order valence-corrected chi connectivity index (χ4v) is 2.21.